The molecule has 3 aromatic carbocycles. The number of nitrogens with one attached hydrogen (secondary N) is 3. The highest BCUT2D eigenvalue weighted by atomic mass is 32.1. The molecule has 6 rings (SSSR count). The maximum Gasteiger partial charge on any atom is 0.251 e. The van der Waals surface area contributed by atoms with Crippen LogP contribution in [0, 0.1) is 10.6 Å². The Labute approximate surface area is 218 Å². The zero-order valence-corrected chi connectivity index (χ0v) is 21.2. The van der Waals surface area contributed by atoms with Crippen LogP contribution >= 0.6 is 12.2 Å². The molecule has 0 saturated carbocycles. The largest absolute Gasteiger partial charge is 0.360 e. The van der Waals surface area contributed by atoms with Gasteiger partial charge in [-0.3, -0.25) is 9.20 Å². The standard InChI is InChI=1S/C28H27FN6OS/c29-20-7-9-21(10-8-20)34-16-14-33(15-17-34)13-3-12-30-27(36)19-6-11-22-24(18-19)32-28(37)35-25-5-2-1-4-23(25)31-26(22)35/h1-2,4-11,18H,3,12-17H2,(H,30,36)(H,32,37)/p+1. The van der Waals surface area contributed by atoms with Crippen LogP contribution in [0.2, 0.25) is 0 Å². The van der Waals surface area contributed by atoms with Gasteiger partial charge in [0, 0.05) is 29.6 Å². The monoisotopic (exact) mass is 515 g/mol. The molecule has 0 bridgehead atoms. The number of hydrogen-bond donors (Lipinski definition) is 3. The van der Waals surface area contributed by atoms with E-state index in [1.54, 1.807) is 0 Å². The SMILES string of the molecule is O=C(NCCC[NH+]1CCN(c2ccc(F)cc2)CC1)c1ccc2c(c1)[nH]c(=S)n1c3ccccc3nc21. The predicted molar refractivity (Wildman–Crippen MR) is 147 cm³/mol. The Morgan fingerprint density at radius 2 is 1.86 bits per heavy atom. The Bertz CT molecular complexity index is 1650. The molecule has 2 aromatic heterocycles. The zero-order valence-electron chi connectivity index (χ0n) is 20.3. The summed E-state index contributed by atoms with van der Waals surface area (Å²) >= 11 is 5.61. The van der Waals surface area contributed by atoms with Gasteiger partial charge in [-0.25, -0.2) is 9.37 Å². The number of rotatable bonds is 6. The molecule has 0 atom stereocenters. The van der Waals surface area contributed by atoms with E-state index in [1.165, 1.54) is 17.0 Å². The van der Waals surface area contributed by atoms with E-state index in [9.17, 15) is 9.18 Å². The summed E-state index contributed by atoms with van der Waals surface area (Å²) in [6.07, 6.45) is 0.912. The first-order valence-electron chi connectivity index (χ1n) is 12.6. The van der Waals surface area contributed by atoms with Crippen LogP contribution < -0.4 is 15.1 Å². The molecule has 0 unspecified atom stereocenters. The van der Waals surface area contributed by atoms with Crippen LogP contribution in [0.4, 0.5) is 10.1 Å². The fraction of sp³-hybridized carbons (Fsp3) is 0.250. The van der Waals surface area contributed by atoms with Crippen molar-refractivity contribution in [1.82, 2.24) is 19.7 Å². The van der Waals surface area contributed by atoms with Crippen LogP contribution in [0.3, 0.4) is 0 Å². The number of anilines is 1. The van der Waals surface area contributed by atoms with E-state index < -0.39 is 0 Å². The summed E-state index contributed by atoms with van der Waals surface area (Å²) in [5, 5.41) is 3.98. The molecule has 1 amide bonds. The molecule has 0 aliphatic carbocycles. The fourth-order valence-corrected chi connectivity index (χ4v) is 5.49. The average molecular weight is 516 g/mol. The fourth-order valence-electron chi connectivity index (χ4n) is 5.19. The number of hydrogen-bond acceptors (Lipinski definition) is 4. The van der Waals surface area contributed by atoms with Gasteiger partial charge in [0.1, 0.15) is 11.5 Å². The third kappa shape index (κ3) is 4.68. The molecule has 37 heavy (non-hydrogen) atoms. The number of amides is 1. The van der Waals surface area contributed by atoms with Crippen molar-refractivity contribution in [3.05, 3.63) is 82.9 Å². The number of halogens is 1. The second kappa shape index (κ2) is 9.91. The third-order valence-corrected chi connectivity index (χ3v) is 7.47. The van der Waals surface area contributed by atoms with E-state index >= 15 is 0 Å². The summed E-state index contributed by atoms with van der Waals surface area (Å²) in [7, 11) is 0. The number of piperazine rings is 1. The van der Waals surface area contributed by atoms with Gasteiger partial charge in [-0.05, 0) is 66.8 Å². The molecule has 9 heteroatoms. The molecular formula is C28H28FN6OS+. The molecule has 3 heterocycles. The number of quaternary nitrogens is 1. The Morgan fingerprint density at radius 1 is 1.08 bits per heavy atom. The van der Waals surface area contributed by atoms with Crippen molar-refractivity contribution >= 4 is 51.4 Å². The Morgan fingerprint density at radius 3 is 2.68 bits per heavy atom. The van der Waals surface area contributed by atoms with E-state index in [0.29, 0.717) is 16.9 Å². The number of aromatic amines is 1. The van der Waals surface area contributed by atoms with Crippen LogP contribution in [0.1, 0.15) is 16.8 Å². The number of benzene rings is 3. The van der Waals surface area contributed by atoms with Crippen LogP contribution in [0.25, 0.3) is 27.6 Å². The van der Waals surface area contributed by atoms with Gasteiger partial charge >= 0.3 is 0 Å². The molecule has 5 aromatic rings. The minimum atomic E-state index is -0.203. The minimum absolute atomic E-state index is 0.0919. The van der Waals surface area contributed by atoms with E-state index in [4.69, 9.17) is 17.2 Å². The number of nitrogens with zero attached hydrogens (tertiary/aromatic N) is 3. The molecule has 0 spiro atoms. The molecule has 1 aliphatic heterocycles. The van der Waals surface area contributed by atoms with Crippen LogP contribution in [0.5, 0.6) is 0 Å². The Balaban J connectivity index is 1.05. The molecule has 1 fully saturated rings. The lowest BCUT2D eigenvalue weighted by molar-refractivity contribution is -0.900. The van der Waals surface area contributed by atoms with Gasteiger partial charge in [-0.15, -0.1) is 0 Å². The number of H-pyrrole nitrogens is 1. The summed E-state index contributed by atoms with van der Waals surface area (Å²) < 4.78 is 15.7. The summed E-state index contributed by atoms with van der Waals surface area (Å²) in [6.45, 7) is 5.60. The lowest BCUT2D eigenvalue weighted by Gasteiger charge is -2.33. The molecule has 1 saturated heterocycles. The highest BCUT2D eigenvalue weighted by Crippen LogP contribution is 2.24. The van der Waals surface area contributed by atoms with Gasteiger partial charge in [0.2, 0.25) is 0 Å². The number of carbonyl (C=O) groups is 1. The van der Waals surface area contributed by atoms with Gasteiger partial charge in [0.15, 0.2) is 4.77 Å². The van der Waals surface area contributed by atoms with Gasteiger partial charge in [-0.2, -0.15) is 0 Å². The van der Waals surface area contributed by atoms with Gasteiger partial charge in [0.25, 0.3) is 5.91 Å². The second-order valence-corrected chi connectivity index (χ2v) is 9.91. The Hall–Kier alpha value is -3.82. The molecular weight excluding hydrogens is 487 g/mol. The maximum absolute atomic E-state index is 13.2. The van der Waals surface area contributed by atoms with Crippen LogP contribution in [-0.2, 0) is 0 Å². The van der Waals surface area contributed by atoms with E-state index in [2.05, 4.69) is 15.2 Å². The Kier molecular flexibility index (Phi) is 6.31. The first-order chi connectivity index (χ1) is 18.1. The van der Waals surface area contributed by atoms with Crippen molar-refractivity contribution in [1.29, 1.82) is 0 Å². The summed E-state index contributed by atoms with van der Waals surface area (Å²) in [5.41, 5.74) is 5.10. The first-order valence-corrected chi connectivity index (χ1v) is 13.0. The van der Waals surface area contributed by atoms with Crippen LogP contribution in [0.15, 0.2) is 66.7 Å². The summed E-state index contributed by atoms with van der Waals surface area (Å²) in [5.74, 6) is -0.295. The normalized spacial score (nSPS) is 14.6. The van der Waals surface area contributed by atoms with Gasteiger partial charge < -0.3 is 20.1 Å². The summed E-state index contributed by atoms with van der Waals surface area (Å²) in [4.78, 5) is 24.7. The summed E-state index contributed by atoms with van der Waals surface area (Å²) in [6, 6.07) is 20.2. The molecule has 0 radical (unpaired) electrons. The first kappa shape index (κ1) is 23.6. The quantitative estimate of drug-likeness (QED) is 0.240. The lowest BCUT2D eigenvalue weighted by atomic mass is 10.1. The number of carbonyl (C=O) groups excluding carboxylic acids is 1. The number of imidazole rings is 1. The van der Waals surface area contributed by atoms with E-state index in [0.717, 1.165) is 72.4 Å². The lowest BCUT2D eigenvalue weighted by Crippen LogP contribution is -3.15. The molecule has 7 nitrogen and oxygen atoms in total. The van der Waals surface area contributed by atoms with E-state index in [1.807, 2.05) is 59.0 Å². The second-order valence-electron chi connectivity index (χ2n) is 9.52. The van der Waals surface area contributed by atoms with Crippen molar-refractivity contribution < 1.29 is 14.1 Å². The smallest absolute Gasteiger partial charge is 0.251 e. The average Bonchev–Trinajstić information content (AvgIpc) is 3.32. The van der Waals surface area contributed by atoms with Crippen molar-refractivity contribution in [2.75, 3.05) is 44.2 Å². The number of para-hydroxylation sites is 2. The topological polar surface area (TPSA) is 69.9 Å². The molecule has 188 valence electrons. The van der Waals surface area contributed by atoms with Gasteiger partial charge in [0.05, 0.1) is 49.3 Å². The van der Waals surface area contributed by atoms with E-state index in [-0.39, 0.29) is 11.7 Å². The highest BCUT2D eigenvalue weighted by molar-refractivity contribution is 7.71. The predicted octanol–water partition coefficient (Wildman–Crippen LogP) is 3.36. The molecule has 3 N–H and O–H groups in total. The van der Waals surface area contributed by atoms with Crippen molar-refractivity contribution in [3.63, 3.8) is 0 Å². The highest BCUT2D eigenvalue weighted by Gasteiger charge is 2.20. The minimum Gasteiger partial charge on any atom is -0.360 e. The van der Waals surface area contributed by atoms with Crippen molar-refractivity contribution in [2.24, 2.45) is 0 Å². The van der Waals surface area contributed by atoms with Crippen LogP contribution in [-0.4, -0.2) is 59.5 Å². The number of aromatic nitrogens is 3. The number of fused-ring (bicyclic) bond motifs is 5. The molecule has 1 aliphatic rings. The third-order valence-electron chi connectivity index (χ3n) is 7.18. The van der Waals surface area contributed by atoms with Gasteiger partial charge in [-0.1, -0.05) is 12.1 Å². The maximum atomic E-state index is 13.2. The van der Waals surface area contributed by atoms with Crippen molar-refractivity contribution in [2.45, 2.75) is 6.42 Å². The zero-order chi connectivity index (χ0) is 25.4. The van der Waals surface area contributed by atoms with Crippen molar-refractivity contribution in [3.8, 4) is 0 Å².